The predicted molar refractivity (Wildman–Crippen MR) is 35.0 cm³/mol. The van der Waals surface area contributed by atoms with E-state index in [0.717, 1.165) is 6.42 Å². The van der Waals surface area contributed by atoms with Crippen LogP contribution in [0.25, 0.3) is 0 Å². The minimum atomic E-state index is -0.944. The smallest absolute Gasteiger partial charge is 0.236 e. The molecule has 1 heterocycles. The minimum Gasteiger partial charge on any atom is -0.369 e. The zero-order valence-corrected chi connectivity index (χ0v) is 5.79. The van der Waals surface area contributed by atoms with Gasteiger partial charge in [-0.15, -0.1) is 0 Å². The maximum absolute atomic E-state index is 12.1. The highest BCUT2D eigenvalue weighted by Crippen LogP contribution is 2.11. The Morgan fingerprint density at radius 2 is 2.09 bits per heavy atom. The van der Waals surface area contributed by atoms with E-state index in [-0.39, 0.29) is 13.1 Å². The van der Waals surface area contributed by atoms with Crippen LogP contribution in [0.3, 0.4) is 0 Å². The van der Waals surface area contributed by atoms with Gasteiger partial charge in [0.05, 0.1) is 13.1 Å². The fourth-order valence-corrected chi connectivity index (χ4v) is 0.818. The lowest BCUT2D eigenvalue weighted by molar-refractivity contribution is -0.136. The number of likely N-dealkylation sites (tertiary alicyclic amines) is 1. The summed E-state index contributed by atoms with van der Waals surface area (Å²) in [7, 11) is 0. The van der Waals surface area contributed by atoms with E-state index in [1.807, 2.05) is 0 Å². The third kappa shape index (κ3) is 1.89. The van der Waals surface area contributed by atoms with Crippen molar-refractivity contribution in [1.29, 1.82) is 0 Å². The van der Waals surface area contributed by atoms with Crippen LogP contribution in [0.4, 0.5) is 4.39 Å². The van der Waals surface area contributed by atoms with Crippen LogP contribution in [0.2, 0.25) is 0 Å². The van der Waals surface area contributed by atoms with Crippen LogP contribution >= 0.6 is 0 Å². The lowest BCUT2D eigenvalue weighted by Gasteiger charge is -2.33. The molecule has 2 N–H and O–H groups in total. The second-order valence-corrected chi connectivity index (χ2v) is 2.39. The van der Waals surface area contributed by atoms with E-state index in [1.165, 1.54) is 4.90 Å². The molecule has 1 aliphatic rings. The molecule has 0 unspecified atom stereocenters. The Bertz CT molecular complexity index is 189. The second-order valence-electron chi connectivity index (χ2n) is 2.39. The van der Waals surface area contributed by atoms with Gasteiger partial charge < -0.3 is 10.6 Å². The van der Waals surface area contributed by atoms with E-state index in [0.29, 0.717) is 0 Å². The van der Waals surface area contributed by atoms with E-state index >= 15 is 0 Å². The average Bonchev–Trinajstić information content (AvgIpc) is 1.79. The van der Waals surface area contributed by atoms with E-state index in [9.17, 15) is 14.0 Å². The van der Waals surface area contributed by atoms with Gasteiger partial charge in [0.25, 0.3) is 0 Å². The average molecular weight is 159 g/mol. The molecule has 1 fully saturated rings. The van der Waals surface area contributed by atoms with Gasteiger partial charge in [0, 0.05) is 0 Å². The molecular weight excluding hydrogens is 151 g/mol. The fraction of sp³-hybridized carbons (Fsp3) is 0.500. The van der Waals surface area contributed by atoms with Gasteiger partial charge in [-0.2, -0.15) is 0 Å². The first-order valence-corrected chi connectivity index (χ1v) is 3.17. The van der Waals surface area contributed by atoms with Crippen molar-refractivity contribution >= 4 is 11.8 Å². The van der Waals surface area contributed by atoms with Gasteiger partial charge in [0.1, 0.15) is 12.6 Å². The van der Waals surface area contributed by atoms with Gasteiger partial charge in [-0.3, -0.25) is 9.59 Å². The third-order valence-electron chi connectivity index (χ3n) is 1.41. The molecule has 1 rings (SSSR count). The third-order valence-corrected chi connectivity index (χ3v) is 1.41. The van der Waals surface area contributed by atoms with Crippen LogP contribution in [0, 0.1) is 6.42 Å². The van der Waals surface area contributed by atoms with Crippen LogP contribution in [-0.4, -0.2) is 36.0 Å². The normalized spacial score (nSPS) is 17.7. The summed E-state index contributed by atoms with van der Waals surface area (Å²) in [4.78, 5) is 22.2. The summed E-state index contributed by atoms with van der Waals surface area (Å²) in [5, 5.41) is 0. The number of carbonyl (C=O) groups is 2. The summed E-state index contributed by atoms with van der Waals surface area (Å²) < 4.78 is 12.1. The lowest BCUT2D eigenvalue weighted by Crippen LogP contribution is -2.52. The SMILES string of the molecule is NC(=O)[CH]C(=O)N1CC(F)C1. The standard InChI is InChI=1S/C6H8FN2O2/c7-4-2-9(3-4)6(11)1-5(8)10/h1,4H,2-3H2,(H2,8,10). The molecule has 0 aromatic carbocycles. The minimum absolute atomic E-state index is 0.0720. The van der Waals surface area contributed by atoms with Gasteiger partial charge in [0.2, 0.25) is 11.8 Å². The molecular formula is C6H8FN2O2. The van der Waals surface area contributed by atoms with Crippen molar-refractivity contribution in [2.75, 3.05) is 13.1 Å². The molecule has 4 nitrogen and oxygen atoms in total. The van der Waals surface area contributed by atoms with Crippen LogP contribution < -0.4 is 5.73 Å². The summed E-state index contributed by atoms with van der Waals surface area (Å²) in [5.74, 6) is -1.30. The largest absolute Gasteiger partial charge is 0.369 e. The Kier molecular flexibility index (Phi) is 2.07. The first-order valence-electron chi connectivity index (χ1n) is 3.17. The van der Waals surface area contributed by atoms with E-state index < -0.39 is 18.0 Å². The van der Waals surface area contributed by atoms with Gasteiger partial charge in [-0.25, -0.2) is 4.39 Å². The van der Waals surface area contributed by atoms with E-state index in [4.69, 9.17) is 5.73 Å². The highest BCUT2D eigenvalue weighted by atomic mass is 19.1. The van der Waals surface area contributed by atoms with E-state index in [1.54, 1.807) is 0 Å². The summed E-state index contributed by atoms with van der Waals surface area (Å²) in [6.07, 6.45) is -0.188. The molecule has 1 aliphatic heterocycles. The Labute approximate surface area is 63.1 Å². The molecule has 0 aromatic rings. The number of nitrogens with two attached hydrogens (primary N) is 1. The number of nitrogens with zero attached hydrogens (tertiary/aromatic N) is 1. The first-order chi connectivity index (χ1) is 5.09. The summed E-state index contributed by atoms with van der Waals surface area (Å²) >= 11 is 0. The molecule has 0 spiro atoms. The number of carbonyl (C=O) groups excluding carboxylic acids is 2. The van der Waals surface area contributed by atoms with Gasteiger partial charge >= 0.3 is 0 Å². The molecule has 0 aliphatic carbocycles. The van der Waals surface area contributed by atoms with Gasteiger partial charge in [-0.1, -0.05) is 0 Å². The number of rotatable bonds is 2. The Hall–Kier alpha value is -1.13. The van der Waals surface area contributed by atoms with Crippen molar-refractivity contribution in [3.63, 3.8) is 0 Å². The summed E-state index contributed by atoms with van der Waals surface area (Å²) in [6, 6.07) is 0. The van der Waals surface area contributed by atoms with Gasteiger partial charge in [-0.05, 0) is 0 Å². The Morgan fingerprint density at radius 3 is 2.45 bits per heavy atom. The fourth-order valence-electron chi connectivity index (χ4n) is 0.818. The Morgan fingerprint density at radius 1 is 1.55 bits per heavy atom. The highest BCUT2D eigenvalue weighted by Gasteiger charge is 2.30. The number of amides is 2. The maximum Gasteiger partial charge on any atom is 0.236 e. The Balaban J connectivity index is 2.27. The predicted octanol–water partition coefficient (Wildman–Crippen LogP) is -1.14. The molecule has 0 bridgehead atoms. The monoisotopic (exact) mass is 159 g/mol. The van der Waals surface area contributed by atoms with Crippen molar-refractivity contribution < 1.29 is 14.0 Å². The second kappa shape index (κ2) is 2.86. The van der Waals surface area contributed by atoms with Crippen molar-refractivity contribution in [1.82, 2.24) is 4.90 Å². The van der Waals surface area contributed by atoms with Crippen LogP contribution in [0.1, 0.15) is 0 Å². The molecule has 0 aromatic heterocycles. The lowest BCUT2D eigenvalue weighted by atomic mass is 10.2. The molecule has 11 heavy (non-hydrogen) atoms. The number of hydrogen-bond donors (Lipinski definition) is 1. The quantitative estimate of drug-likeness (QED) is 0.517. The zero-order valence-electron chi connectivity index (χ0n) is 5.79. The van der Waals surface area contributed by atoms with Crippen molar-refractivity contribution in [3.05, 3.63) is 6.42 Å². The van der Waals surface area contributed by atoms with Crippen LogP contribution in [-0.2, 0) is 9.59 Å². The number of alkyl halides is 1. The highest BCUT2D eigenvalue weighted by molar-refractivity contribution is 6.07. The molecule has 2 amide bonds. The number of halogens is 1. The maximum atomic E-state index is 12.1. The molecule has 1 saturated heterocycles. The van der Waals surface area contributed by atoms with E-state index in [2.05, 4.69) is 0 Å². The molecule has 0 saturated carbocycles. The van der Waals surface area contributed by atoms with Gasteiger partial charge in [0.15, 0.2) is 0 Å². The topological polar surface area (TPSA) is 63.4 Å². The first kappa shape index (κ1) is 7.97. The van der Waals surface area contributed by atoms with Crippen LogP contribution in [0.5, 0.6) is 0 Å². The molecule has 1 radical (unpaired) electrons. The molecule has 5 heteroatoms. The summed E-state index contributed by atoms with van der Waals surface area (Å²) in [6.45, 7) is 0.144. The van der Waals surface area contributed by atoms with Crippen molar-refractivity contribution in [2.24, 2.45) is 5.73 Å². The van der Waals surface area contributed by atoms with Crippen molar-refractivity contribution in [2.45, 2.75) is 6.17 Å². The molecule has 0 atom stereocenters. The van der Waals surface area contributed by atoms with Crippen molar-refractivity contribution in [3.8, 4) is 0 Å². The van der Waals surface area contributed by atoms with Crippen LogP contribution in [0.15, 0.2) is 0 Å². The summed E-state index contributed by atoms with van der Waals surface area (Å²) in [5.41, 5.74) is 4.71. The zero-order chi connectivity index (χ0) is 8.43. The number of primary amides is 1. The molecule has 61 valence electrons. The number of hydrogen-bond acceptors (Lipinski definition) is 2.